The molecular weight excluding hydrogens is 182 g/mol. The molecule has 0 bridgehead atoms. The van der Waals surface area contributed by atoms with E-state index >= 15 is 0 Å². The molecule has 0 aromatic carbocycles. The first-order chi connectivity index (χ1) is 7.14. The van der Waals surface area contributed by atoms with E-state index in [-0.39, 0.29) is 0 Å². The lowest BCUT2D eigenvalue weighted by molar-refractivity contribution is 0.278. The first-order valence-electron chi connectivity index (χ1n) is 6.85. The molecule has 1 aliphatic rings. The van der Waals surface area contributed by atoms with E-state index in [1.54, 1.807) is 0 Å². The van der Waals surface area contributed by atoms with Crippen molar-refractivity contribution in [1.29, 1.82) is 0 Å². The number of unbranched alkanes of at least 4 members (excludes halogenated alkanes) is 1. The third kappa shape index (κ3) is 5.55. The van der Waals surface area contributed by atoms with Crippen molar-refractivity contribution in [3.05, 3.63) is 0 Å². The van der Waals surface area contributed by atoms with Crippen LogP contribution in [-0.2, 0) is 0 Å². The van der Waals surface area contributed by atoms with Gasteiger partial charge in [0.1, 0.15) is 0 Å². The maximum atomic E-state index is 3.45. The number of nitrogens with one attached hydrogen (secondary N) is 1. The Morgan fingerprint density at radius 2 is 1.93 bits per heavy atom. The summed E-state index contributed by atoms with van der Waals surface area (Å²) >= 11 is 0. The van der Waals surface area contributed by atoms with Gasteiger partial charge in [-0.15, -0.1) is 0 Å². The summed E-state index contributed by atoms with van der Waals surface area (Å²) in [4.78, 5) is 0. The maximum Gasteiger partial charge on any atom is -0.00200 e. The van der Waals surface area contributed by atoms with Gasteiger partial charge in [0.05, 0.1) is 0 Å². The SMILES string of the molecule is CCCCC(C)(C)CCCC1CCNC1. The van der Waals surface area contributed by atoms with Crippen LogP contribution in [0.2, 0.25) is 0 Å². The van der Waals surface area contributed by atoms with Crippen molar-refractivity contribution in [3.8, 4) is 0 Å². The molecule has 0 radical (unpaired) electrons. The van der Waals surface area contributed by atoms with Crippen molar-refractivity contribution in [1.82, 2.24) is 5.32 Å². The van der Waals surface area contributed by atoms with Gasteiger partial charge in [-0.25, -0.2) is 0 Å². The average Bonchev–Trinajstić information content (AvgIpc) is 2.67. The molecule has 0 aromatic rings. The van der Waals surface area contributed by atoms with Gasteiger partial charge in [-0.2, -0.15) is 0 Å². The Bertz CT molecular complexity index is 157. The van der Waals surface area contributed by atoms with Crippen molar-refractivity contribution in [2.45, 2.75) is 65.7 Å². The zero-order chi connectivity index (χ0) is 11.1. The molecule has 1 N–H and O–H groups in total. The molecule has 1 atom stereocenters. The summed E-state index contributed by atoms with van der Waals surface area (Å²) in [5.41, 5.74) is 0.585. The Kier molecular flexibility index (Phi) is 5.66. The molecule has 1 rings (SSSR count). The van der Waals surface area contributed by atoms with Gasteiger partial charge >= 0.3 is 0 Å². The van der Waals surface area contributed by atoms with E-state index in [0.717, 1.165) is 5.92 Å². The summed E-state index contributed by atoms with van der Waals surface area (Å²) < 4.78 is 0. The molecule has 15 heavy (non-hydrogen) atoms. The zero-order valence-electron chi connectivity index (χ0n) is 10.9. The minimum Gasteiger partial charge on any atom is -0.316 e. The van der Waals surface area contributed by atoms with Gasteiger partial charge < -0.3 is 5.32 Å². The highest BCUT2D eigenvalue weighted by Gasteiger charge is 2.19. The van der Waals surface area contributed by atoms with E-state index in [9.17, 15) is 0 Å². The van der Waals surface area contributed by atoms with Crippen molar-refractivity contribution < 1.29 is 0 Å². The number of hydrogen-bond donors (Lipinski definition) is 1. The van der Waals surface area contributed by atoms with Crippen LogP contribution < -0.4 is 5.32 Å². The van der Waals surface area contributed by atoms with Crippen LogP contribution in [0.25, 0.3) is 0 Å². The van der Waals surface area contributed by atoms with Crippen molar-refractivity contribution >= 4 is 0 Å². The van der Waals surface area contributed by atoms with Gasteiger partial charge in [0.2, 0.25) is 0 Å². The van der Waals surface area contributed by atoms with Crippen molar-refractivity contribution in [2.24, 2.45) is 11.3 Å². The summed E-state index contributed by atoms with van der Waals surface area (Å²) in [5.74, 6) is 0.979. The second kappa shape index (κ2) is 6.52. The lowest BCUT2D eigenvalue weighted by Crippen LogP contribution is -2.13. The largest absolute Gasteiger partial charge is 0.316 e. The Labute approximate surface area is 96.0 Å². The van der Waals surface area contributed by atoms with Crippen LogP contribution in [0.4, 0.5) is 0 Å². The first kappa shape index (κ1) is 13.0. The van der Waals surface area contributed by atoms with Crippen LogP contribution in [0.3, 0.4) is 0 Å². The Balaban J connectivity index is 2.06. The Hall–Kier alpha value is -0.0400. The predicted octanol–water partition coefficient (Wildman–Crippen LogP) is 3.98. The van der Waals surface area contributed by atoms with Crippen LogP contribution >= 0.6 is 0 Å². The average molecular weight is 211 g/mol. The molecule has 90 valence electrons. The van der Waals surface area contributed by atoms with Crippen molar-refractivity contribution in [2.75, 3.05) is 13.1 Å². The molecule has 0 saturated carbocycles. The predicted molar refractivity (Wildman–Crippen MR) is 68.1 cm³/mol. The fourth-order valence-corrected chi connectivity index (χ4v) is 2.61. The lowest BCUT2D eigenvalue weighted by Gasteiger charge is -2.25. The first-order valence-corrected chi connectivity index (χ1v) is 6.85. The molecule has 1 nitrogen and oxygen atoms in total. The van der Waals surface area contributed by atoms with Gasteiger partial charge in [-0.05, 0) is 50.1 Å². The van der Waals surface area contributed by atoms with E-state index in [1.165, 1.54) is 58.0 Å². The normalized spacial score (nSPS) is 22.2. The zero-order valence-corrected chi connectivity index (χ0v) is 10.9. The quantitative estimate of drug-likeness (QED) is 0.671. The standard InChI is InChI=1S/C14H29N/c1-4-5-9-14(2,3)10-6-7-13-8-11-15-12-13/h13,15H,4-12H2,1-3H3. The van der Waals surface area contributed by atoms with Gasteiger partial charge in [0, 0.05) is 0 Å². The van der Waals surface area contributed by atoms with E-state index in [0.29, 0.717) is 5.41 Å². The highest BCUT2D eigenvalue weighted by Crippen LogP contribution is 2.30. The van der Waals surface area contributed by atoms with Crippen LogP contribution in [-0.4, -0.2) is 13.1 Å². The highest BCUT2D eigenvalue weighted by molar-refractivity contribution is 4.74. The molecule has 1 heteroatoms. The molecule has 1 heterocycles. The van der Waals surface area contributed by atoms with E-state index in [1.807, 2.05) is 0 Å². The third-order valence-electron chi connectivity index (χ3n) is 3.84. The molecule has 0 amide bonds. The Morgan fingerprint density at radius 1 is 1.20 bits per heavy atom. The van der Waals surface area contributed by atoms with E-state index in [4.69, 9.17) is 0 Å². The molecule has 1 unspecified atom stereocenters. The van der Waals surface area contributed by atoms with Crippen LogP contribution in [0.1, 0.15) is 65.7 Å². The third-order valence-corrected chi connectivity index (χ3v) is 3.84. The molecular formula is C14H29N. The van der Waals surface area contributed by atoms with Crippen molar-refractivity contribution in [3.63, 3.8) is 0 Å². The van der Waals surface area contributed by atoms with Gasteiger partial charge in [0.25, 0.3) is 0 Å². The lowest BCUT2D eigenvalue weighted by atomic mass is 9.81. The Morgan fingerprint density at radius 3 is 2.53 bits per heavy atom. The van der Waals surface area contributed by atoms with Crippen LogP contribution in [0.5, 0.6) is 0 Å². The summed E-state index contributed by atoms with van der Waals surface area (Å²) in [5, 5.41) is 3.45. The van der Waals surface area contributed by atoms with Crippen LogP contribution in [0.15, 0.2) is 0 Å². The summed E-state index contributed by atoms with van der Waals surface area (Å²) in [6, 6.07) is 0. The molecule has 1 aliphatic heterocycles. The molecule has 1 fully saturated rings. The molecule has 0 aromatic heterocycles. The smallest absolute Gasteiger partial charge is 0.00200 e. The monoisotopic (exact) mass is 211 g/mol. The maximum absolute atomic E-state index is 3.45. The summed E-state index contributed by atoms with van der Waals surface area (Å²) in [7, 11) is 0. The van der Waals surface area contributed by atoms with Gasteiger partial charge in [-0.3, -0.25) is 0 Å². The minimum absolute atomic E-state index is 0.585. The second-order valence-electron chi connectivity index (χ2n) is 6.02. The second-order valence-corrected chi connectivity index (χ2v) is 6.02. The molecule has 0 spiro atoms. The van der Waals surface area contributed by atoms with Gasteiger partial charge in [-0.1, -0.05) is 40.0 Å². The highest BCUT2D eigenvalue weighted by atomic mass is 14.9. The summed E-state index contributed by atoms with van der Waals surface area (Å²) in [6.07, 6.45) is 9.87. The topological polar surface area (TPSA) is 12.0 Å². The fourth-order valence-electron chi connectivity index (χ4n) is 2.61. The minimum atomic E-state index is 0.585. The van der Waals surface area contributed by atoms with Crippen LogP contribution in [0, 0.1) is 11.3 Å². The summed E-state index contributed by atoms with van der Waals surface area (Å²) in [6.45, 7) is 9.70. The molecule has 0 aliphatic carbocycles. The van der Waals surface area contributed by atoms with E-state index < -0.39 is 0 Å². The number of rotatable bonds is 7. The van der Waals surface area contributed by atoms with E-state index in [2.05, 4.69) is 26.1 Å². The number of hydrogen-bond acceptors (Lipinski definition) is 1. The molecule has 1 saturated heterocycles. The van der Waals surface area contributed by atoms with Gasteiger partial charge in [0.15, 0.2) is 0 Å². The fraction of sp³-hybridized carbons (Fsp3) is 1.00.